The van der Waals surface area contributed by atoms with Gasteiger partial charge in [0, 0.05) is 35.5 Å². The summed E-state index contributed by atoms with van der Waals surface area (Å²) in [5, 5.41) is 7.49. The number of carbonyl (C=O) groups is 1. The van der Waals surface area contributed by atoms with Crippen molar-refractivity contribution in [3.05, 3.63) is 60.0 Å². The fraction of sp³-hybridized carbons (Fsp3) is 0.409. The zero-order valence-corrected chi connectivity index (χ0v) is 15.9. The first-order chi connectivity index (χ1) is 13.1. The number of aromatic nitrogens is 3. The smallest absolute Gasteiger partial charge is 0.227 e. The molecule has 0 saturated heterocycles. The lowest BCUT2D eigenvalue weighted by Crippen LogP contribution is -2.29. The van der Waals surface area contributed by atoms with Crippen LogP contribution in [0.2, 0.25) is 0 Å². The second kappa shape index (κ2) is 7.51. The maximum Gasteiger partial charge on any atom is 0.227 e. The van der Waals surface area contributed by atoms with Crippen LogP contribution in [-0.4, -0.2) is 20.5 Å². The standard InChI is InChI=1S/C22H26N4O/c1-15-3-9-19(10-4-15)25-22(27)16(2)17-5-7-18(8-6-17)20-11-13-23-21-12-14-24-26(20)21/h3-4,9-14,16-18H,5-8H2,1-2H3,(H,25,27)/t16-,17?,18?/m1/s1. The minimum absolute atomic E-state index is 0.0226. The number of rotatable bonds is 4. The molecule has 1 N–H and O–H groups in total. The van der Waals surface area contributed by atoms with Crippen LogP contribution in [0.15, 0.2) is 48.8 Å². The van der Waals surface area contributed by atoms with Gasteiger partial charge < -0.3 is 5.32 Å². The maximum atomic E-state index is 12.7. The number of carbonyl (C=O) groups excluding carboxylic acids is 1. The van der Waals surface area contributed by atoms with E-state index in [2.05, 4.69) is 28.4 Å². The molecule has 1 atom stereocenters. The molecule has 0 radical (unpaired) electrons. The first-order valence-electron chi connectivity index (χ1n) is 9.78. The average Bonchev–Trinajstić information content (AvgIpc) is 3.18. The first kappa shape index (κ1) is 17.7. The van der Waals surface area contributed by atoms with Crippen LogP contribution < -0.4 is 5.32 Å². The van der Waals surface area contributed by atoms with Crippen molar-refractivity contribution >= 4 is 17.2 Å². The highest BCUT2D eigenvalue weighted by atomic mass is 16.1. The van der Waals surface area contributed by atoms with E-state index in [1.54, 1.807) is 6.20 Å². The molecule has 0 bridgehead atoms. The Morgan fingerprint density at radius 1 is 1.07 bits per heavy atom. The van der Waals surface area contributed by atoms with Crippen LogP contribution in [-0.2, 0) is 4.79 Å². The lowest BCUT2D eigenvalue weighted by atomic mass is 9.75. The van der Waals surface area contributed by atoms with Crippen LogP contribution in [0, 0.1) is 18.8 Å². The van der Waals surface area contributed by atoms with Crippen molar-refractivity contribution in [1.29, 1.82) is 0 Å². The van der Waals surface area contributed by atoms with Gasteiger partial charge in [0.15, 0.2) is 5.65 Å². The number of aryl methyl sites for hydroxylation is 1. The highest BCUT2D eigenvalue weighted by Gasteiger charge is 2.30. The van der Waals surface area contributed by atoms with Gasteiger partial charge in [-0.3, -0.25) is 4.79 Å². The molecule has 0 spiro atoms. The van der Waals surface area contributed by atoms with E-state index in [1.807, 2.05) is 48.0 Å². The minimum Gasteiger partial charge on any atom is -0.326 e. The van der Waals surface area contributed by atoms with Crippen molar-refractivity contribution < 1.29 is 4.79 Å². The second-order valence-corrected chi connectivity index (χ2v) is 7.73. The fourth-order valence-electron chi connectivity index (χ4n) is 4.18. The van der Waals surface area contributed by atoms with Gasteiger partial charge in [0.2, 0.25) is 5.91 Å². The average molecular weight is 362 g/mol. The molecule has 2 aromatic heterocycles. The molecule has 27 heavy (non-hydrogen) atoms. The summed E-state index contributed by atoms with van der Waals surface area (Å²) in [6, 6.07) is 12.0. The lowest BCUT2D eigenvalue weighted by Gasteiger charge is -2.32. The van der Waals surface area contributed by atoms with Crippen LogP contribution in [0.5, 0.6) is 0 Å². The summed E-state index contributed by atoms with van der Waals surface area (Å²) < 4.78 is 1.96. The summed E-state index contributed by atoms with van der Waals surface area (Å²) in [7, 11) is 0. The molecule has 1 aliphatic carbocycles. The fourth-order valence-corrected chi connectivity index (χ4v) is 4.18. The molecule has 1 aromatic carbocycles. The summed E-state index contributed by atoms with van der Waals surface area (Å²) in [5.74, 6) is 1.07. The van der Waals surface area contributed by atoms with E-state index in [4.69, 9.17) is 0 Å². The molecule has 1 amide bonds. The van der Waals surface area contributed by atoms with Crippen molar-refractivity contribution in [2.75, 3.05) is 5.32 Å². The van der Waals surface area contributed by atoms with Gasteiger partial charge in [0.05, 0.1) is 6.20 Å². The Balaban J connectivity index is 1.37. The molecule has 5 heteroatoms. The summed E-state index contributed by atoms with van der Waals surface area (Å²) in [6.07, 6.45) is 7.99. The number of hydrogen-bond donors (Lipinski definition) is 1. The molecule has 5 nitrogen and oxygen atoms in total. The number of amides is 1. The van der Waals surface area contributed by atoms with Crippen molar-refractivity contribution in [2.24, 2.45) is 11.8 Å². The van der Waals surface area contributed by atoms with E-state index in [1.165, 1.54) is 11.3 Å². The van der Waals surface area contributed by atoms with Gasteiger partial charge in [-0.25, -0.2) is 9.50 Å². The predicted octanol–water partition coefficient (Wildman–Crippen LogP) is 4.59. The number of nitrogens with one attached hydrogen (secondary N) is 1. The molecule has 1 fully saturated rings. The van der Waals surface area contributed by atoms with E-state index < -0.39 is 0 Å². The molecule has 2 heterocycles. The van der Waals surface area contributed by atoms with Gasteiger partial charge >= 0.3 is 0 Å². The van der Waals surface area contributed by atoms with Gasteiger partial charge in [0.25, 0.3) is 0 Å². The van der Waals surface area contributed by atoms with Crippen LogP contribution in [0.3, 0.4) is 0 Å². The monoisotopic (exact) mass is 362 g/mol. The summed E-state index contributed by atoms with van der Waals surface area (Å²) >= 11 is 0. The minimum atomic E-state index is 0.0226. The normalized spacial score (nSPS) is 21.1. The molecule has 1 aliphatic rings. The molecule has 0 unspecified atom stereocenters. The van der Waals surface area contributed by atoms with Gasteiger partial charge in [-0.1, -0.05) is 24.6 Å². The lowest BCUT2D eigenvalue weighted by molar-refractivity contribution is -0.121. The van der Waals surface area contributed by atoms with E-state index in [0.717, 1.165) is 37.0 Å². The molecule has 140 valence electrons. The SMILES string of the molecule is Cc1ccc(NC(=O)[C@H](C)C2CCC(c3ccnc4ccnn34)CC2)cc1. The number of fused-ring (bicyclic) bond motifs is 1. The Kier molecular flexibility index (Phi) is 4.92. The molecular weight excluding hydrogens is 336 g/mol. The summed E-state index contributed by atoms with van der Waals surface area (Å²) in [4.78, 5) is 17.0. The van der Waals surface area contributed by atoms with Crippen LogP contribution in [0.4, 0.5) is 5.69 Å². The van der Waals surface area contributed by atoms with Crippen molar-refractivity contribution in [2.45, 2.75) is 45.4 Å². The number of anilines is 1. The third-order valence-corrected chi connectivity index (χ3v) is 5.95. The molecule has 3 aromatic rings. The molecule has 0 aliphatic heterocycles. The maximum absolute atomic E-state index is 12.7. The van der Waals surface area contributed by atoms with Crippen molar-refractivity contribution in [3.63, 3.8) is 0 Å². The zero-order chi connectivity index (χ0) is 18.8. The van der Waals surface area contributed by atoms with Crippen LogP contribution in [0.25, 0.3) is 5.65 Å². The van der Waals surface area contributed by atoms with Gasteiger partial charge in [0.1, 0.15) is 0 Å². The van der Waals surface area contributed by atoms with Crippen molar-refractivity contribution in [1.82, 2.24) is 14.6 Å². The predicted molar refractivity (Wildman–Crippen MR) is 107 cm³/mol. The Morgan fingerprint density at radius 2 is 1.81 bits per heavy atom. The van der Waals surface area contributed by atoms with E-state index in [0.29, 0.717) is 11.8 Å². The van der Waals surface area contributed by atoms with E-state index in [9.17, 15) is 4.79 Å². The first-order valence-corrected chi connectivity index (χ1v) is 9.78. The third-order valence-electron chi connectivity index (χ3n) is 5.95. The van der Waals surface area contributed by atoms with Crippen molar-refractivity contribution in [3.8, 4) is 0 Å². The Labute approximate surface area is 159 Å². The third kappa shape index (κ3) is 3.72. The van der Waals surface area contributed by atoms with Gasteiger partial charge in [-0.2, -0.15) is 5.10 Å². The Hall–Kier alpha value is -2.69. The largest absolute Gasteiger partial charge is 0.326 e. The summed E-state index contributed by atoms with van der Waals surface area (Å²) in [6.45, 7) is 4.11. The topological polar surface area (TPSA) is 59.3 Å². The van der Waals surface area contributed by atoms with E-state index in [-0.39, 0.29) is 11.8 Å². The Bertz CT molecular complexity index is 923. The molecule has 4 rings (SSSR count). The van der Waals surface area contributed by atoms with Gasteiger partial charge in [-0.15, -0.1) is 0 Å². The molecule has 1 saturated carbocycles. The highest BCUT2D eigenvalue weighted by molar-refractivity contribution is 5.92. The number of nitrogens with zero attached hydrogens (tertiary/aromatic N) is 3. The highest BCUT2D eigenvalue weighted by Crippen LogP contribution is 2.38. The quantitative estimate of drug-likeness (QED) is 0.739. The molecular formula is C22H26N4O. The van der Waals surface area contributed by atoms with Crippen LogP contribution in [0.1, 0.15) is 49.8 Å². The summed E-state index contributed by atoms with van der Waals surface area (Å²) in [5.41, 5.74) is 4.21. The zero-order valence-electron chi connectivity index (χ0n) is 15.9. The van der Waals surface area contributed by atoms with Gasteiger partial charge in [-0.05, 0) is 56.7 Å². The second-order valence-electron chi connectivity index (χ2n) is 7.73. The Morgan fingerprint density at radius 3 is 2.56 bits per heavy atom. The van der Waals surface area contributed by atoms with E-state index >= 15 is 0 Å². The number of benzene rings is 1. The number of hydrogen-bond acceptors (Lipinski definition) is 3. The van der Waals surface area contributed by atoms with Crippen LogP contribution >= 0.6 is 0 Å².